The van der Waals surface area contributed by atoms with Crippen molar-refractivity contribution in [2.24, 2.45) is 5.92 Å². The van der Waals surface area contributed by atoms with Crippen molar-refractivity contribution in [2.45, 2.75) is 26.4 Å². The van der Waals surface area contributed by atoms with Crippen LogP contribution in [0.5, 0.6) is 5.75 Å². The number of halogens is 1. The molecule has 34 heavy (non-hydrogen) atoms. The van der Waals surface area contributed by atoms with Crippen molar-refractivity contribution in [3.63, 3.8) is 0 Å². The molecule has 174 valence electrons. The fourth-order valence-electron chi connectivity index (χ4n) is 3.88. The van der Waals surface area contributed by atoms with Crippen LogP contribution in [-0.2, 0) is 16.1 Å². The van der Waals surface area contributed by atoms with Gasteiger partial charge in [0, 0.05) is 29.0 Å². The highest BCUT2D eigenvalue weighted by Crippen LogP contribution is 2.41. The summed E-state index contributed by atoms with van der Waals surface area (Å²) in [4.78, 5) is 31.9. The number of likely N-dealkylation sites (tertiary alicyclic amines) is 1. The van der Waals surface area contributed by atoms with Crippen LogP contribution in [0.1, 0.15) is 36.6 Å². The second kappa shape index (κ2) is 10.2. The zero-order valence-corrected chi connectivity index (χ0v) is 20.5. The van der Waals surface area contributed by atoms with E-state index in [9.17, 15) is 14.7 Å². The Morgan fingerprint density at radius 2 is 1.79 bits per heavy atom. The number of aromatic nitrogens is 1. The van der Waals surface area contributed by atoms with Gasteiger partial charge in [0.25, 0.3) is 11.7 Å². The lowest BCUT2D eigenvalue weighted by atomic mass is 9.95. The van der Waals surface area contributed by atoms with Crippen molar-refractivity contribution in [1.82, 2.24) is 9.88 Å². The number of carbonyl (C=O) groups is 2. The largest absolute Gasteiger partial charge is 0.507 e. The van der Waals surface area contributed by atoms with E-state index in [0.717, 1.165) is 10.0 Å². The number of benzene rings is 2. The molecule has 0 aliphatic carbocycles. The van der Waals surface area contributed by atoms with Crippen LogP contribution in [0.25, 0.3) is 5.76 Å². The Hall–Kier alpha value is -3.45. The quantitative estimate of drug-likeness (QED) is 0.252. The number of ether oxygens (including phenoxy) is 1. The standard InChI is InChI=1S/C27H25BrN2O4/c1-17(2)16-34-22-5-3-4-20(14-22)24-23(25(31)19-6-8-21(28)9-7-19)26(32)27(33)30(24)15-18-10-12-29-13-11-18/h3-14,17,24,31H,15-16H2,1-2H3/b25-23-. The number of nitrogens with zero attached hydrogens (tertiary/aromatic N) is 2. The van der Waals surface area contributed by atoms with Gasteiger partial charge in [0.15, 0.2) is 0 Å². The summed E-state index contributed by atoms with van der Waals surface area (Å²) in [6.45, 7) is 4.86. The number of rotatable bonds is 7. The fourth-order valence-corrected chi connectivity index (χ4v) is 4.14. The lowest BCUT2D eigenvalue weighted by Gasteiger charge is -2.26. The van der Waals surface area contributed by atoms with Gasteiger partial charge in [0.05, 0.1) is 18.2 Å². The summed E-state index contributed by atoms with van der Waals surface area (Å²) in [6, 6.07) is 17.1. The zero-order chi connectivity index (χ0) is 24.2. The number of aliphatic hydroxyl groups excluding tert-OH is 1. The molecule has 1 aromatic heterocycles. The first-order chi connectivity index (χ1) is 16.3. The first-order valence-corrected chi connectivity index (χ1v) is 11.8. The van der Waals surface area contributed by atoms with E-state index < -0.39 is 17.7 Å². The Morgan fingerprint density at radius 1 is 1.09 bits per heavy atom. The molecule has 1 aliphatic rings. The van der Waals surface area contributed by atoms with Crippen molar-refractivity contribution in [3.05, 3.63) is 99.8 Å². The second-order valence-corrected chi connectivity index (χ2v) is 9.48. The van der Waals surface area contributed by atoms with Gasteiger partial charge in [-0.1, -0.05) is 54.0 Å². The number of hydrogen-bond donors (Lipinski definition) is 1. The highest BCUT2D eigenvalue weighted by Gasteiger charge is 2.46. The molecule has 1 aliphatic heterocycles. The van der Waals surface area contributed by atoms with Gasteiger partial charge in [0.1, 0.15) is 11.5 Å². The summed E-state index contributed by atoms with van der Waals surface area (Å²) in [5.74, 6) is -0.591. The maximum atomic E-state index is 13.2. The first-order valence-electron chi connectivity index (χ1n) is 11.0. The summed E-state index contributed by atoms with van der Waals surface area (Å²) in [7, 11) is 0. The van der Waals surface area contributed by atoms with Gasteiger partial charge in [-0.15, -0.1) is 0 Å². The lowest BCUT2D eigenvalue weighted by molar-refractivity contribution is -0.140. The summed E-state index contributed by atoms with van der Waals surface area (Å²) in [5.41, 5.74) is 2.04. The molecule has 0 saturated carbocycles. The number of carbonyl (C=O) groups excluding carboxylic acids is 2. The van der Waals surface area contributed by atoms with E-state index in [-0.39, 0.29) is 17.9 Å². The van der Waals surface area contributed by atoms with Gasteiger partial charge < -0.3 is 14.7 Å². The molecule has 2 heterocycles. The van der Waals surface area contributed by atoms with Crippen LogP contribution in [0.3, 0.4) is 0 Å². The molecule has 0 radical (unpaired) electrons. The molecular weight excluding hydrogens is 496 g/mol. The molecule has 1 N–H and O–H groups in total. The minimum absolute atomic E-state index is 0.0578. The molecule has 1 fully saturated rings. The van der Waals surface area contributed by atoms with Gasteiger partial charge in [-0.05, 0) is 53.4 Å². The van der Waals surface area contributed by atoms with Gasteiger partial charge in [-0.3, -0.25) is 14.6 Å². The van der Waals surface area contributed by atoms with Crippen LogP contribution in [-0.4, -0.2) is 33.3 Å². The molecule has 2 aromatic carbocycles. The fraction of sp³-hybridized carbons (Fsp3) is 0.222. The van der Waals surface area contributed by atoms with Crippen molar-refractivity contribution in [2.75, 3.05) is 6.61 Å². The lowest BCUT2D eigenvalue weighted by Crippen LogP contribution is -2.29. The predicted octanol–water partition coefficient (Wildman–Crippen LogP) is 5.50. The van der Waals surface area contributed by atoms with E-state index in [4.69, 9.17) is 4.74 Å². The third-order valence-corrected chi connectivity index (χ3v) is 6.05. The van der Waals surface area contributed by atoms with Crippen molar-refractivity contribution >= 4 is 33.4 Å². The van der Waals surface area contributed by atoms with Crippen LogP contribution in [0, 0.1) is 5.92 Å². The number of pyridine rings is 1. The van der Waals surface area contributed by atoms with Gasteiger partial charge in [-0.25, -0.2) is 0 Å². The summed E-state index contributed by atoms with van der Waals surface area (Å²) < 4.78 is 6.73. The molecule has 6 nitrogen and oxygen atoms in total. The molecule has 0 spiro atoms. The second-order valence-electron chi connectivity index (χ2n) is 8.57. The Kier molecular flexibility index (Phi) is 7.12. The van der Waals surface area contributed by atoms with Gasteiger partial charge >= 0.3 is 0 Å². The summed E-state index contributed by atoms with van der Waals surface area (Å²) in [5, 5.41) is 11.2. The maximum Gasteiger partial charge on any atom is 0.295 e. The molecule has 3 aromatic rings. The average molecular weight is 521 g/mol. The smallest absolute Gasteiger partial charge is 0.295 e. The molecule has 1 amide bonds. The van der Waals surface area contributed by atoms with Crippen LogP contribution in [0.4, 0.5) is 0 Å². The van der Waals surface area contributed by atoms with E-state index >= 15 is 0 Å². The molecule has 4 rings (SSSR count). The Balaban J connectivity index is 1.82. The summed E-state index contributed by atoms with van der Waals surface area (Å²) in [6.07, 6.45) is 3.28. The first kappa shape index (κ1) is 23.7. The Labute approximate surface area is 207 Å². The molecule has 0 bridgehead atoms. The van der Waals surface area contributed by atoms with Crippen LogP contribution in [0.15, 0.2) is 83.1 Å². The monoisotopic (exact) mass is 520 g/mol. The SMILES string of the molecule is CC(C)COc1cccc(C2/C(=C(/O)c3ccc(Br)cc3)C(=O)C(=O)N2Cc2ccncc2)c1. The van der Waals surface area contributed by atoms with E-state index in [2.05, 4.69) is 34.8 Å². The number of Topliss-reactive ketones (excluding diaryl/α,β-unsaturated/α-hetero) is 1. The number of amides is 1. The number of aliphatic hydroxyl groups is 1. The summed E-state index contributed by atoms with van der Waals surface area (Å²) >= 11 is 3.38. The number of hydrogen-bond acceptors (Lipinski definition) is 5. The van der Waals surface area contributed by atoms with E-state index in [1.165, 1.54) is 4.90 Å². The van der Waals surface area contributed by atoms with E-state index in [0.29, 0.717) is 29.4 Å². The van der Waals surface area contributed by atoms with Crippen LogP contribution >= 0.6 is 15.9 Å². The van der Waals surface area contributed by atoms with E-state index in [1.807, 2.05) is 24.3 Å². The molecule has 1 saturated heterocycles. The molecule has 1 unspecified atom stereocenters. The molecule has 7 heteroatoms. The minimum Gasteiger partial charge on any atom is -0.507 e. The third kappa shape index (κ3) is 5.04. The van der Waals surface area contributed by atoms with Gasteiger partial charge in [-0.2, -0.15) is 0 Å². The van der Waals surface area contributed by atoms with Gasteiger partial charge in [0.2, 0.25) is 0 Å². The zero-order valence-electron chi connectivity index (χ0n) is 18.9. The highest BCUT2D eigenvalue weighted by molar-refractivity contribution is 9.10. The molecular formula is C27H25BrN2O4. The van der Waals surface area contributed by atoms with E-state index in [1.54, 1.807) is 48.8 Å². The van der Waals surface area contributed by atoms with Crippen molar-refractivity contribution in [3.8, 4) is 5.75 Å². The Bertz CT molecular complexity index is 1220. The van der Waals surface area contributed by atoms with Crippen molar-refractivity contribution < 1.29 is 19.4 Å². The Morgan fingerprint density at radius 3 is 2.47 bits per heavy atom. The van der Waals surface area contributed by atoms with Crippen molar-refractivity contribution in [1.29, 1.82) is 0 Å². The molecule has 1 atom stereocenters. The number of ketones is 1. The predicted molar refractivity (Wildman–Crippen MR) is 133 cm³/mol. The highest BCUT2D eigenvalue weighted by atomic mass is 79.9. The minimum atomic E-state index is -0.764. The van der Waals surface area contributed by atoms with Crippen LogP contribution < -0.4 is 4.74 Å². The third-order valence-electron chi connectivity index (χ3n) is 5.52. The van der Waals surface area contributed by atoms with Crippen LogP contribution in [0.2, 0.25) is 0 Å². The average Bonchev–Trinajstić information content (AvgIpc) is 3.08. The normalized spacial score (nSPS) is 17.4. The topological polar surface area (TPSA) is 79.7 Å². The maximum absolute atomic E-state index is 13.2.